The van der Waals surface area contributed by atoms with Crippen LogP contribution >= 0.6 is 15.6 Å². The second-order valence-electron chi connectivity index (χ2n) is 26.6. The molecule has 0 bridgehead atoms. The number of unbranched alkanes of at least 4 members (excludes halogenated alkanes) is 23. The first kappa shape index (κ1) is 101. The van der Waals surface area contributed by atoms with E-state index in [1.807, 2.05) is 18.2 Å². The summed E-state index contributed by atoms with van der Waals surface area (Å²) in [5, 5.41) is 10.6. The molecule has 0 aliphatic heterocycles. The fourth-order valence-corrected chi connectivity index (χ4v) is 11.9. The second kappa shape index (κ2) is 77.8. The molecule has 3 N–H and O–H groups in total. The quantitative estimate of drug-likeness (QED) is 0.0169. The van der Waals surface area contributed by atoms with Gasteiger partial charge in [-0.2, -0.15) is 0 Å². The normalized spacial score (nSPS) is 14.7. The van der Waals surface area contributed by atoms with Crippen LogP contribution in [0.15, 0.2) is 158 Å². The van der Waals surface area contributed by atoms with Crippen LogP contribution in [0.2, 0.25) is 0 Å². The highest BCUT2D eigenvalue weighted by molar-refractivity contribution is 7.47. The monoisotopic (exact) mass is 1520 g/mol. The summed E-state index contributed by atoms with van der Waals surface area (Å²) in [5.74, 6) is -2.32. The molecule has 0 spiro atoms. The lowest BCUT2D eigenvalue weighted by molar-refractivity contribution is -0.161. The summed E-state index contributed by atoms with van der Waals surface area (Å²) in [7, 11) is -10.00. The number of esters is 4. The molecule has 0 aliphatic carbocycles. The Morgan fingerprint density at radius 3 is 0.830 bits per heavy atom. The van der Waals surface area contributed by atoms with Crippen molar-refractivity contribution < 1.29 is 80.2 Å². The van der Waals surface area contributed by atoms with Crippen molar-refractivity contribution in [1.82, 2.24) is 0 Å². The molecule has 0 radical (unpaired) electrons. The Balaban J connectivity index is 5.43. The third kappa shape index (κ3) is 76.9. The Labute approximate surface area is 642 Å². The number of ether oxygens (including phenoxy) is 4. The van der Waals surface area contributed by atoms with E-state index in [2.05, 4.69) is 167 Å². The Hall–Kier alpha value is -5.32. The predicted molar refractivity (Wildman–Crippen MR) is 436 cm³/mol. The lowest BCUT2D eigenvalue weighted by atomic mass is 10.1. The third-order valence-corrected chi connectivity index (χ3v) is 18.4. The molecule has 0 fully saturated rings. The van der Waals surface area contributed by atoms with Crippen LogP contribution in [0.4, 0.5) is 0 Å². The van der Waals surface area contributed by atoms with E-state index in [0.29, 0.717) is 32.1 Å². The van der Waals surface area contributed by atoms with Crippen molar-refractivity contribution in [2.45, 2.75) is 329 Å². The number of carbonyl (C=O) groups is 4. The fourth-order valence-electron chi connectivity index (χ4n) is 10.4. The van der Waals surface area contributed by atoms with Gasteiger partial charge in [0.1, 0.15) is 19.3 Å². The molecule has 5 atom stereocenters. The molecule has 0 aromatic rings. The van der Waals surface area contributed by atoms with Gasteiger partial charge >= 0.3 is 39.5 Å². The maximum absolute atomic E-state index is 13.1. The van der Waals surface area contributed by atoms with Crippen LogP contribution in [0.1, 0.15) is 310 Å². The van der Waals surface area contributed by atoms with E-state index < -0.39 is 97.5 Å². The van der Waals surface area contributed by atoms with Crippen molar-refractivity contribution in [3.05, 3.63) is 158 Å². The molecule has 19 heteroatoms. The zero-order valence-electron chi connectivity index (χ0n) is 66.1. The minimum atomic E-state index is -5.00. The number of phosphoric acid groups is 2. The lowest BCUT2D eigenvalue weighted by Crippen LogP contribution is -2.30. The molecule has 17 nitrogen and oxygen atoms in total. The number of carbonyl (C=O) groups excluding carboxylic acids is 4. The van der Waals surface area contributed by atoms with Crippen molar-refractivity contribution >= 4 is 39.5 Å². The number of allylic oxidation sites excluding steroid dienone is 26. The summed E-state index contributed by atoms with van der Waals surface area (Å²) in [6.07, 6.45) is 90.9. The van der Waals surface area contributed by atoms with E-state index in [4.69, 9.17) is 37.0 Å². The van der Waals surface area contributed by atoms with Crippen molar-refractivity contribution in [3.63, 3.8) is 0 Å². The number of hydrogen-bond donors (Lipinski definition) is 3. The zero-order chi connectivity index (χ0) is 77.4. The molecule has 0 aliphatic rings. The molecule has 0 rings (SSSR count). The highest BCUT2D eigenvalue weighted by Gasteiger charge is 2.30. The molecular weight excluding hydrogens is 1380 g/mol. The van der Waals surface area contributed by atoms with Gasteiger partial charge in [0, 0.05) is 25.7 Å². The van der Waals surface area contributed by atoms with Gasteiger partial charge in [-0.25, -0.2) is 9.13 Å². The number of rotatable bonds is 75. The molecule has 0 saturated heterocycles. The van der Waals surface area contributed by atoms with Crippen molar-refractivity contribution in [3.8, 4) is 0 Å². The van der Waals surface area contributed by atoms with E-state index in [9.17, 15) is 43.2 Å². The molecule has 604 valence electrons. The maximum atomic E-state index is 13.1. The van der Waals surface area contributed by atoms with Crippen LogP contribution in [-0.2, 0) is 65.4 Å². The van der Waals surface area contributed by atoms with Gasteiger partial charge in [0.15, 0.2) is 12.2 Å². The third-order valence-electron chi connectivity index (χ3n) is 16.5. The minimum absolute atomic E-state index is 0.0331. The van der Waals surface area contributed by atoms with Crippen LogP contribution in [-0.4, -0.2) is 96.7 Å². The van der Waals surface area contributed by atoms with Crippen molar-refractivity contribution in [2.24, 2.45) is 0 Å². The standard InChI is InChI=1S/C87H144O17P2/c1-5-9-13-17-21-25-29-32-35-38-40-43-45-48-52-55-59-63-67-71-84(89)97-77-82(103-86(91)73-69-65-61-57-51-28-24-20-16-12-8-4)79-101-105(93,94)99-75-81(88)76-100-106(95,96)102-80-83(104-87(92)74-70-66-62-58-54-50-47-42-37-34-31-27-23-19-15-11-7-3)78-98-85(90)72-68-64-60-56-53-49-46-44-41-39-36-33-30-26-22-18-14-10-6-2/h9,11,13,15,21-23,25-27,32-37,40-41,43-44,47-48,50,52,59,63,81-83,88H,5-8,10,12,14,16-20,24,28-31,38-39,42,45-46,49,51,53-58,60-62,64-80H2,1-4H3,(H,93,94)(H,95,96)/b13-9-,15-11-,25-21-,26-22-,27-23-,35-32-,36-33-,37-34-,43-40-,44-41-,50-47-,52-48-,63-59-. The maximum Gasteiger partial charge on any atom is 0.472 e. The van der Waals surface area contributed by atoms with Gasteiger partial charge in [-0.3, -0.25) is 37.3 Å². The first-order valence-corrected chi connectivity index (χ1v) is 43.7. The van der Waals surface area contributed by atoms with Gasteiger partial charge < -0.3 is 33.8 Å². The Morgan fingerprint density at radius 2 is 0.509 bits per heavy atom. The van der Waals surface area contributed by atoms with E-state index in [1.165, 1.54) is 57.8 Å². The predicted octanol–water partition coefficient (Wildman–Crippen LogP) is 24.0. The van der Waals surface area contributed by atoms with Gasteiger partial charge in [0.2, 0.25) is 0 Å². The Kier molecular flexibility index (Phi) is 73.9. The van der Waals surface area contributed by atoms with Gasteiger partial charge in [-0.15, -0.1) is 0 Å². The summed E-state index contributed by atoms with van der Waals surface area (Å²) >= 11 is 0. The van der Waals surface area contributed by atoms with E-state index >= 15 is 0 Å². The zero-order valence-corrected chi connectivity index (χ0v) is 67.8. The highest BCUT2D eigenvalue weighted by atomic mass is 31.2. The van der Waals surface area contributed by atoms with E-state index in [0.717, 1.165) is 167 Å². The SMILES string of the molecule is CC/C=C\C/C=C\C/C=C\C/C=C\C/C=C\C/C=C\CCC(=O)OCC(COP(=O)(O)OCC(O)COP(=O)(O)OCC(COC(=O)CCCCCCCC/C=C\C/C=C\C/C=C\CCCCC)OC(=O)CCCCCC/C=C\C/C=C\C/C=C\C/C=C\CC)OC(=O)CCCCCCCCCCCCC. The number of hydrogen-bond acceptors (Lipinski definition) is 15. The largest absolute Gasteiger partial charge is 0.472 e. The van der Waals surface area contributed by atoms with Crippen LogP contribution in [0.5, 0.6) is 0 Å². The topological polar surface area (TPSA) is 237 Å². The van der Waals surface area contributed by atoms with E-state index in [1.54, 1.807) is 0 Å². The van der Waals surface area contributed by atoms with Crippen molar-refractivity contribution in [1.29, 1.82) is 0 Å². The van der Waals surface area contributed by atoms with Gasteiger partial charge in [0.05, 0.1) is 26.4 Å². The lowest BCUT2D eigenvalue weighted by Gasteiger charge is -2.21. The van der Waals surface area contributed by atoms with Crippen LogP contribution in [0, 0.1) is 0 Å². The molecule has 106 heavy (non-hydrogen) atoms. The molecule has 5 unspecified atom stereocenters. The van der Waals surface area contributed by atoms with Gasteiger partial charge in [-0.05, 0) is 141 Å². The molecule has 0 saturated carbocycles. The molecule has 0 aromatic carbocycles. The van der Waals surface area contributed by atoms with Gasteiger partial charge in [-0.1, -0.05) is 301 Å². The summed E-state index contributed by atoms with van der Waals surface area (Å²) in [5.41, 5.74) is 0. The fraction of sp³-hybridized carbons (Fsp3) is 0.655. The summed E-state index contributed by atoms with van der Waals surface area (Å²) in [4.78, 5) is 73.0. The number of aliphatic hydroxyl groups excluding tert-OH is 1. The molecular formula is C87H144O17P2. The Bertz CT molecular complexity index is 2630. The molecule has 0 amide bonds. The van der Waals surface area contributed by atoms with Gasteiger partial charge in [0.25, 0.3) is 0 Å². The summed E-state index contributed by atoms with van der Waals surface area (Å²) < 4.78 is 68.5. The second-order valence-corrected chi connectivity index (χ2v) is 29.5. The first-order chi connectivity index (χ1) is 51.7. The minimum Gasteiger partial charge on any atom is -0.462 e. The molecule has 0 heterocycles. The van der Waals surface area contributed by atoms with Crippen LogP contribution < -0.4 is 0 Å². The summed E-state index contributed by atoms with van der Waals surface area (Å²) in [6.45, 7) is 4.49. The average Bonchev–Trinajstić information content (AvgIpc) is 0.901. The first-order valence-electron chi connectivity index (χ1n) is 40.7. The molecule has 0 aromatic heterocycles. The van der Waals surface area contributed by atoms with Crippen molar-refractivity contribution in [2.75, 3.05) is 39.6 Å². The number of aliphatic hydroxyl groups is 1. The van der Waals surface area contributed by atoms with Crippen LogP contribution in [0.25, 0.3) is 0 Å². The van der Waals surface area contributed by atoms with E-state index in [-0.39, 0.29) is 25.7 Å². The average molecular weight is 1520 g/mol. The summed E-state index contributed by atoms with van der Waals surface area (Å²) in [6, 6.07) is 0. The smallest absolute Gasteiger partial charge is 0.462 e. The highest BCUT2D eigenvalue weighted by Crippen LogP contribution is 2.45. The van der Waals surface area contributed by atoms with Crippen LogP contribution in [0.3, 0.4) is 0 Å². The number of phosphoric ester groups is 2. The Morgan fingerprint density at radius 1 is 0.274 bits per heavy atom.